The molecule has 1 fully saturated rings. The summed E-state index contributed by atoms with van der Waals surface area (Å²) in [6, 6.07) is 17.2. The fraction of sp³-hybridized carbons (Fsp3) is 0.379. The van der Waals surface area contributed by atoms with Crippen LogP contribution in [0, 0.1) is 16.7 Å². The highest BCUT2D eigenvalue weighted by Crippen LogP contribution is 2.23. The molecule has 0 spiro atoms. The van der Waals surface area contributed by atoms with Crippen molar-refractivity contribution in [3.8, 4) is 6.07 Å². The third-order valence-corrected chi connectivity index (χ3v) is 6.84. The number of carbonyl (C=O) groups is 3. The van der Waals surface area contributed by atoms with Crippen LogP contribution in [0.5, 0.6) is 0 Å². The van der Waals surface area contributed by atoms with E-state index < -0.39 is 11.5 Å². The smallest absolute Gasteiger partial charge is 0.268 e. The van der Waals surface area contributed by atoms with E-state index in [9.17, 15) is 14.4 Å². The monoisotopic (exact) mass is 499 g/mol. The summed E-state index contributed by atoms with van der Waals surface area (Å²) < 4.78 is 0. The Morgan fingerprint density at radius 3 is 2.51 bits per heavy atom. The quantitative estimate of drug-likeness (QED) is 0.475. The number of para-hydroxylation sites is 1. The molecule has 192 valence electrons. The van der Waals surface area contributed by atoms with Gasteiger partial charge < -0.3 is 20.5 Å². The van der Waals surface area contributed by atoms with Gasteiger partial charge in [-0.2, -0.15) is 5.26 Å². The molecule has 1 aromatic heterocycles. The van der Waals surface area contributed by atoms with Crippen LogP contribution in [0.2, 0.25) is 0 Å². The molecule has 2 heterocycles. The average molecular weight is 500 g/mol. The Hall–Kier alpha value is -4.12. The van der Waals surface area contributed by atoms with E-state index in [1.54, 1.807) is 35.2 Å². The van der Waals surface area contributed by atoms with Crippen molar-refractivity contribution >= 4 is 28.6 Å². The Labute approximate surface area is 217 Å². The van der Waals surface area contributed by atoms with Gasteiger partial charge in [-0.05, 0) is 61.1 Å². The van der Waals surface area contributed by atoms with E-state index in [0.29, 0.717) is 29.9 Å². The predicted octanol–water partition coefficient (Wildman–Crippen LogP) is 4.00. The molecule has 0 bridgehead atoms. The second-order valence-electron chi connectivity index (χ2n) is 10.6. The molecule has 1 aliphatic heterocycles. The minimum absolute atomic E-state index is 0.108. The van der Waals surface area contributed by atoms with Crippen molar-refractivity contribution in [2.75, 3.05) is 13.1 Å². The molecule has 3 N–H and O–H groups in total. The molecule has 3 aromatic rings. The lowest BCUT2D eigenvalue weighted by molar-refractivity contribution is -0.125. The first kappa shape index (κ1) is 26.0. The Kier molecular flexibility index (Phi) is 7.63. The summed E-state index contributed by atoms with van der Waals surface area (Å²) in [5, 5.41) is 15.8. The summed E-state index contributed by atoms with van der Waals surface area (Å²) in [7, 11) is 0. The van der Waals surface area contributed by atoms with E-state index in [4.69, 9.17) is 5.26 Å². The van der Waals surface area contributed by atoms with Gasteiger partial charge in [0.05, 0.1) is 11.6 Å². The number of nitrogens with one attached hydrogen (secondary N) is 3. The number of aromatic nitrogens is 1. The summed E-state index contributed by atoms with van der Waals surface area (Å²) in [6.07, 6.45) is 2.65. The predicted molar refractivity (Wildman–Crippen MR) is 142 cm³/mol. The fourth-order valence-electron chi connectivity index (χ4n) is 4.73. The van der Waals surface area contributed by atoms with Gasteiger partial charge >= 0.3 is 0 Å². The van der Waals surface area contributed by atoms with Crippen LogP contribution in [0.1, 0.15) is 66.4 Å². The number of hydrogen-bond acceptors (Lipinski definition) is 4. The minimum atomic E-state index is -0.766. The van der Waals surface area contributed by atoms with Gasteiger partial charge in [-0.15, -0.1) is 0 Å². The minimum Gasteiger partial charge on any atom is -0.352 e. The summed E-state index contributed by atoms with van der Waals surface area (Å²) in [6.45, 7) is 6.63. The van der Waals surface area contributed by atoms with Gasteiger partial charge in [-0.25, -0.2) is 0 Å². The molecule has 1 aliphatic rings. The van der Waals surface area contributed by atoms with Gasteiger partial charge in [0.2, 0.25) is 5.91 Å². The van der Waals surface area contributed by atoms with Crippen LogP contribution in [-0.4, -0.2) is 52.8 Å². The maximum Gasteiger partial charge on any atom is 0.268 e. The SMILES string of the molecule is CC(C)(C)[C@H](NC(=O)c1cc2ccccc2[nH]1)C(=O)NC[C@@H]1CCCCN1C(=O)c1ccc(C#N)cc1. The second kappa shape index (κ2) is 10.9. The molecular weight excluding hydrogens is 466 g/mol. The Bertz CT molecular complexity index is 1300. The van der Waals surface area contributed by atoms with Crippen LogP contribution >= 0.6 is 0 Å². The summed E-state index contributed by atoms with van der Waals surface area (Å²) >= 11 is 0. The molecule has 1 saturated heterocycles. The number of rotatable bonds is 6. The van der Waals surface area contributed by atoms with E-state index in [0.717, 1.165) is 30.2 Å². The van der Waals surface area contributed by atoms with Crippen LogP contribution in [-0.2, 0) is 4.79 Å². The molecule has 2 atom stereocenters. The molecule has 4 rings (SSSR count). The Morgan fingerprint density at radius 1 is 1.11 bits per heavy atom. The van der Waals surface area contributed by atoms with E-state index >= 15 is 0 Å². The highest BCUT2D eigenvalue weighted by atomic mass is 16.2. The second-order valence-corrected chi connectivity index (χ2v) is 10.6. The molecule has 2 aromatic carbocycles. The lowest BCUT2D eigenvalue weighted by atomic mass is 9.86. The zero-order valence-electron chi connectivity index (χ0n) is 21.5. The maximum absolute atomic E-state index is 13.3. The van der Waals surface area contributed by atoms with Gasteiger partial charge in [-0.1, -0.05) is 39.0 Å². The number of nitrogens with zero attached hydrogens (tertiary/aromatic N) is 2. The summed E-state index contributed by atoms with van der Waals surface area (Å²) in [5.41, 5.74) is 1.75. The molecule has 0 saturated carbocycles. The summed E-state index contributed by atoms with van der Waals surface area (Å²) in [5.74, 6) is -0.738. The number of H-pyrrole nitrogens is 1. The number of fused-ring (bicyclic) bond motifs is 1. The Balaban J connectivity index is 1.43. The largest absolute Gasteiger partial charge is 0.352 e. The molecule has 3 amide bonds. The van der Waals surface area contributed by atoms with Crippen LogP contribution < -0.4 is 10.6 Å². The first-order valence-corrected chi connectivity index (χ1v) is 12.6. The Morgan fingerprint density at radius 2 is 1.84 bits per heavy atom. The molecule has 8 heteroatoms. The van der Waals surface area contributed by atoms with Crippen molar-refractivity contribution in [2.24, 2.45) is 5.41 Å². The number of carbonyl (C=O) groups excluding carboxylic acids is 3. The maximum atomic E-state index is 13.3. The number of aromatic amines is 1. The van der Waals surface area contributed by atoms with Gasteiger partial charge in [0.1, 0.15) is 11.7 Å². The van der Waals surface area contributed by atoms with Crippen LogP contribution in [0.3, 0.4) is 0 Å². The molecule has 0 radical (unpaired) electrons. The molecule has 0 unspecified atom stereocenters. The number of piperidine rings is 1. The molecule has 37 heavy (non-hydrogen) atoms. The number of hydrogen-bond donors (Lipinski definition) is 3. The van der Waals surface area contributed by atoms with Crippen molar-refractivity contribution in [3.05, 3.63) is 71.4 Å². The zero-order chi connectivity index (χ0) is 26.6. The number of amides is 3. The third-order valence-electron chi connectivity index (χ3n) is 6.84. The van der Waals surface area contributed by atoms with Crippen LogP contribution in [0.15, 0.2) is 54.6 Å². The zero-order valence-corrected chi connectivity index (χ0v) is 21.5. The normalized spacial score (nSPS) is 16.6. The third kappa shape index (κ3) is 6.00. The van der Waals surface area contributed by atoms with Crippen molar-refractivity contribution in [2.45, 2.75) is 52.1 Å². The van der Waals surface area contributed by atoms with Crippen molar-refractivity contribution < 1.29 is 14.4 Å². The van der Waals surface area contributed by atoms with Crippen molar-refractivity contribution in [1.82, 2.24) is 20.5 Å². The van der Waals surface area contributed by atoms with Crippen LogP contribution in [0.25, 0.3) is 10.9 Å². The highest BCUT2D eigenvalue weighted by Gasteiger charge is 2.35. The van der Waals surface area contributed by atoms with E-state index in [1.807, 2.05) is 45.0 Å². The van der Waals surface area contributed by atoms with Gasteiger partial charge in [0.15, 0.2) is 0 Å². The standard InChI is InChI=1S/C29H33N5O3/c1-29(2,3)25(33-26(35)24-16-21-8-4-5-10-23(21)32-24)27(36)31-18-22-9-6-7-15-34(22)28(37)20-13-11-19(17-30)12-14-20/h4-5,8,10-14,16,22,25,32H,6-7,9,15,18H2,1-3H3,(H,31,36)(H,33,35)/t22-,25+/m0/s1. The lowest BCUT2D eigenvalue weighted by Crippen LogP contribution is -2.56. The van der Waals surface area contributed by atoms with E-state index in [1.165, 1.54) is 0 Å². The first-order valence-electron chi connectivity index (χ1n) is 12.6. The topological polar surface area (TPSA) is 118 Å². The number of nitriles is 1. The van der Waals surface area contributed by atoms with Gasteiger partial charge in [-0.3, -0.25) is 14.4 Å². The lowest BCUT2D eigenvalue weighted by Gasteiger charge is -2.37. The summed E-state index contributed by atoms with van der Waals surface area (Å²) in [4.78, 5) is 44.5. The van der Waals surface area contributed by atoms with Gasteiger partial charge in [0.25, 0.3) is 11.8 Å². The van der Waals surface area contributed by atoms with E-state index in [-0.39, 0.29) is 23.8 Å². The van der Waals surface area contributed by atoms with E-state index in [2.05, 4.69) is 21.7 Å². The molecule has 8 nitrogen and oxygen atoms in total. The van der Waals surface area contributed by atoms with Crippen LogP contribution in [0.4, 0.5) is 0 Å². The van der Waals surface area contributed by atoms with Gasteiger partial charge in [0, 0.05) is 35.6 Å². The van der Waals surface area contributed by atoms with Crippen molar-refractivity contribution in [3.63, 3.8) is 0 Å². The number of likely N-dealkylation sites (tertiary alicyclic amines) is 1. The highest BCUT2D eigenvalue weighted by molar-refractivity contribution is 6.00. The number of benzene rings is 2. The molecular formula is C29H33N5O3. The average Bonchev–Trinajstić information content (AvgIpc) is 3.34. The molecule has 0 aliphatic carbocycles. The first-order chi connectivity index (χ1) is 17.7. The van der Waals surface area contributed by atoms with Crippen molar-refractivity contribution in [1.29, 1.82) is 5.26 Å². The fourth-order valence-corrected chi connectivity index (χ4v) is 4.73.